The molecule has 0 fully saturated rings. The van der Waals surface area contributed by atoms with E-state index in [4.69, 9.17) is 10.5 Å². The molecule has 5 nitrogen and oxygen atoms in total. The minimum atomic E-state index is 0.113. The summed E-state index contributed by atoms with van der Waals surface area (Å²) in [7, 11) is 5.46. The van der Waals surface area contributed by atoms with Gasteiger partial charge in [-0.2, -0.15) is 0 Å². The quantitative estimate of drug-likeness (QED) is 0.591. The Balaban J connectivity index is 2.16. The van der Waals surface area contributed by atoms with Crippen molar-refractivity contribution in [3.63, 3.8) is 0 Å². The third-order valence-electron chi connectivity index (χ3n) is 2.74. The zero-order chi connectivity index (χ0) is 14.3. The molecule has 1 aromatic carbocycles. The summed E-state index contributed by atoms with van der Waals surface area (Å²) < 4.78 is 5.59. The standard InChI is InChI=1S/C14H23N3O2/c1-16(2)14(18)11-17(3)9-4-10-19-13-7-5-12(15)6-8-13/h5-8H,4,9-11,15H2,1-3H3. The van der Waals surface area contributed by atoms with Gasteiger partial charge in [0.2, 0.25) is 5.91 Å². The van der Waals surface area contributed by atoms with Crippen LogP contribution in [0.5, 0.6) is 5.75 Å². The Bertz CT molecular complexity index is 390. The van der Waals surface area contributed by atoms with Crippen LogP contribution in [0.2, 0.25) is 0 Å². The van der Waals surface area contributed by atoms with Crippen LogP contribution in [0.25, 0.3) is 0 Å². The van der Waals surface area contributed by atoms with Gasteiger partial charge in [0.15, 0.2) is 0 Å². The third-order valence-corrected chi connectivity index (χ3v) is 2.74. The van der Waals surface area contributed by atoms with Gasteiger partial charge in [-0.1, -0.05) is 0 Å². The lowest BCUT2D eigenvalue weighted by Gasteiger charge is -2.18. The summed E-state index contributed by atoms with van der Waals surface area (Å²) in [4.78, 5) is 15.1. The van der Waals surface area contributed by atoms with Crippen molar-refractivity contribution in [3.05, 3.63) is 24.3 Å². The van der Waals surface area contributed by atoms with Crippen LogP contribution in [0, 0.1) is 0 Å². The molecule has 1 rings (SSSR count). The fraction of sp³-hybridized carbons (Fsp3) is 0.500. The number of hydrogen-bond acceptors (Lipinski definition) is 4. The van der Waals surface area contributed by atoms with Crippen LogP contribution < -0.4 is 10.5 Å². The number of carbonyl (C=O) groups excluding carboxylic acids is 1. The van der Waals surface area contributed by atoms with Gasteiger partial charge in [0.25, 0.3) is 0 Å². The summed E-state index contributed by atoms with van der Waals surface area (Å²) in [5.41, 5.74) is 6.32. The van der Waals surface area contributed by atoms with E-state index in [-0.39, 0.29) is 5.91 Å². The average Bonchev–Trinajstić information content (AvgIpc) is 2.36. The minimum Gasteiger partial charge on any atom is -0.494 e. The van der Waals surface area contributed by atoms with E-state index >= 15 is 0 Å². The molecule has 0 saturated heterocycles. The van der Waals surface area contributed by atoms with Gasteiger partial charge in [-0.25, -0.2) is 0 Å². The molecule has 2 N–H and O–H groups in total. The summed E-state index contributed by atoms with van der Waals surface area (Å²) in [6.45, 7) is 1.90. The van der Waals surface area contributed by atoms with Crippen molar-refractivity contribution in [2.45, 2.75) is 6.42 Å². The molecule has 0 heterocycles. The van der Waals surface area contributed by atoms with E-state index in [2.05, 4.69) is 0 Å². The maximum atomic E-state index is 11.5. The van der Waals surface area contributed by atoms with Gasteiger partial charge in [-0.3, -0.25) is 9.69 Å². The Kier molecular flexibility index (Phi) is 6.15. The molecule has 0 aliphatic carbocycles. The molecular formula is C14H23N3O2. The SMILES string of the molecule is CN(CCCOc1ccc(N)cc1)CC(=O)N(C)C. The molecule has 0 aliphatic rings. The van der Waals surface area contributed by atoms with E-state index in [9.17, 15) is 4.79 Å². The molecule has 1 aromatic rings. The fourth-order valence-electron chi connectivity index (χ4n) is 1.54. The predicted octanol–water partition coefficient (Wildman–Crippen LogP) is 1.06. The highest BCUT2D eigenvalue weighted by molar-refractivity contribution is 5.77. The number of likely N-dealkylation sites (N-methyl/N-ethyl adjacent to an activating group) is 2. The maximum absolute atomic E-state index is 11.5. The maximum Gasteiger partial charge on any atom is 0.236 e. The molecule has 1 amide bonds. The van der Waals surface area contributed by atoms with E-state index in [0.717, 1.165) is 24.4 Å². The Morgan fingerprint density at radius 1 is 1.21 bits per heavy atom. The second-order valence-corrected chi connectivity index (χ2v) is 4.80. The first-order chi connectivity index (χ1) is 8.99. The molecule has 0 unspecified atom stereocenters. The molecule has 5 heteroatoms. The Morgan fingerprint density at radius 2 is 1.84 bits per heavy atom. The summed E-state index contributed by atoms with van der Waals surface area (Å²) >= 11 is 0. The molecule has 0 aliphatic heterocycles. The molecule has 0 spiro atoms. The molecule has 0 atom stereocenters. The molecule has 0 aromatic heterocycles. The normalized spacial score (nSPS) is 10.5. The van der Waals surface area contributed by atoms with Gasteiger partial charge in [0, 0.05) is 26.3 Å². The van der Waals surface area contributed by atoms with Crippen molar-refractivity contribution in [3.8, 4) is 5.75 Å². The number of ether oxygens (including phenoxy) is 1. The molecule has 106 valence electrons. The van der Waals surface area contributed by atoms with Crippen molar-refractivity contribution in [1.82, 2.24) is 9.80 Å². The largest absolute Gasteiger partial charge is 0.494 e. The van der Waals surface area contributed by atoms with Crippen LogP contribution in [-0.4, -0.2) is 56.5 Å². The Hall–Kier alpha value is -1.75. The second-order valence-electron chi connectivity index (χ2n) is 4.80. The van der Waals surface area contributed by atoms with Crippen molar-refractivity contribution in [2.24, 2.45) is 0 Å². The number of nitrogen functional groups attached to an aromatic ring is 1. The smallest absolute Gasteiger partial charge is 0.236 e. The summed E-state index contributed by atoms with van der Waals surface area (Å²) in [6.07, 6.45) is 0.877. The number of hydrogen-bond donors (Lipinski definition) is 1. The van der Waals surface area contributed by atoms with Crippen LogP contribution in [-0.2, 0) is 4.79 Å². The van der Waals surface area contributed by atoms with E-state index in [0.29, 0.717) is 13.2 Å². The number of amides is 1. The van der Waals surface area contributed by atoms with Crippen molar-refractivity contribution < 1.29 is 9.53 Å². The lowest BCUT2D eigenvalue weighted by molar-refractivity contribution is -0.129. The minimum absolute atomic E-state index is 0.113. The first-order valence-corrected chi connectivity index (χ1v) is 6.36. The molecular weight excluding hydrogens is 242 g/mol. The van der Waals surface area contributed by atoms with Gasteiger partial charge in [0.1, 0.15) is 5.75 Å². The van der Waals surface area contributed by atoms with Gasteiger partial charge >= 0.3 is 0 Å². The lowest BCUT2D eigenvalue weighted by Crippen LogP contribution is -2.35. The summed E-state index contributed by atoms with van der Waals surface area (Å²) in [5.74, 6) is 0.933. The second kappa shape index (κ2) is 7.63. The first-order valence-electron chi connectivity index (χ1n) is 6.36. The van der Waals surface area contributed by atoms with Gasteiger partial charge in [-0.05, 0) is 37.7 Å². The fourth-order valence-corrected chi connectivity index (χ4v) is 1.54. The molecule has 0 bridgehead atoms. The van der Waals surface area contributed by atoms with Crippen LogP contribution in [0.4, 0.5) is 5.69 Å². The molecule has 0 saturated carbocycles. The monoisotopic (exact) mass is 265 g/mol. The summed E-state index contributed by atoms with van der Waals surface area (Å²) in [5, 5.41) is 0. The van der Waals surface area contributed by atoms with Crippen LogP contribution >= 0.6 is 0 Å². The van der Waals surface area contributed by atoms with Gasteiger partial charge in [-0.15, -0.1) is 0 Å². The van der Waals surface area contributed by atoms with Crippen LogP contribution in [0.1, 0.15) is 6.42 Å². The Morgan fingerprint density at radius 3 is 2.42 bits per heavy atom. The van der Waals surface area contributed by atoms with Gasteiger partial charge < -0.3 is 15.4 Å². The van der Waals surface area contributed by atoms with Crippen LogP contribution in [0.15, 0.2) is 24.3 Å². The highest BCUT2D eigenvalue weighted by Gasteiger charge is 2.07. The van der Waals surface area contributed by atoms with Crippen molar-refractivity contribution >= 4 is 11.6 Å². The highest BCUT2D eigenvalue weighted by atomic mass is 16.5. The zero-order valence-corrected chi connectivity index (χ0v) is 11.9. The number of carbonyl (C=O) groups is 1. The average molecular weight is 265 g/mol. The van der Waals surface area contributed by atoms with Crippen molar-refractivity contribution in [1.29, 1.82) is 0 Å². The third kappa shape index (κ3) is 6.10. The number of rotatable bonds is 7. The first kappa shape index (κ1) is 15.3. The highest BCUT2D eigenvalue weighted by Crippen LogP contribution is 2.13. The lowest BCUT2D eigenvalue weighted by atomic mass is 10.3. The van der Waals surface area contributed by atoms with E-state index in [1.807, 2.05) is 36.2 Å². The number of nitrogens with zero attached hydrogens (tertiary/aromatic N) is 2. The van der Waals surface area contributed by atoms with Crippen LogP contribution in [0.3, 0.4) is 0 Å². The van der Waals surface area contributed by atoms with Gasteiger partial charge in [0.05, 0.1) is 13.2 Å². The Labute approximate surface area is 114 Å². The summed E-state index contributed by atoms with van der Waals surface area (Å²) in [6, 6.07) is 7.34. The number of nitrogens with two attached hydrogens (primary N) is 1. The van der Waals surface area contributed by atoms with E-state index in [1.54, 1.807) is 19.0 Å². The topological polar surface area (TPSA) is 58.8 Å². The molecule has 19 heavy (non-hydrogen) atoms. The molecule has 0 radical (unpaired) electrons. The zero-order valence-electron chi connectivity index (χ0n) is 11.9. The van der Waals surface area contributed by atoms with Crippen molar-refractivity contribution in [2.75, 3.05) is 46.6 Å². The number of benzene rings is 1. The number of anilines is 1. The van der Waals surface area contributed by atoms with E-state index in [1.165, 1.54) is 0 Å². The predicted molar refractivity (Wildman–Crippen MR) is 77.2 cm³/mol. The van der Waals surface area contributed by atoms with E-state index < -0.39 is 0 Å².